The Morgan fingerprint density at radius 1 is 1.28 bits per heavy atom. The Balaban J connectivity index is 1.61. The van der Waals surface area contributed by atoms with Gasteiger partial charge in [-0.3, -0.25) is 14.2 Å². The lowest BCUT2D eigenvalue weighted by molar-refractivity contribution is -0.125. The third kappa shape index (κ3) is 5.01. The first-order valence-electron chi connectivity index (χ1n) is 11.2. The number of carbonyl (C=O) groups is 1. The Morgan fingerprint density at radius 2 is 2.06 bits per heavy atom. The highest BCUT2D eigenvalue weighted by Crippen LogP contribution is 2.25. The number of piperidine rings is 1. The Labute approximate surface area is 191 Å². The fraction of sp³-hybridized carbons (Fsp3) is 0.458. The number of thiophene rings is 1. The summed E-state index contributed by atoms with van der Waals surface area (Å²) in [6.07, 6.45) is 2.64. The molecule has 32 heavy (non-hydrogen) atoms. The van der Waals surface area contributed by atoms with Gasteiger partial charge in [-0.2, -0.15) is 0 Å². The number of nitrogens with zero attached hydrogens (tertiary/aromatic N) is 3. The van der Waals surface area contributed by atoms with Gasteiger partial charge in [0.1, 0.15) is 10.5 Å². The van der Waals surface area contributed by atoms with E-state index in [1.54, 1.807) is 16.7 Å². The largest absolute Gasteiger partial charge is 0.356 e. The molecule has 1 saturated heterocycles. The van der Waals surface area contributed by atoms with E-state index in [0.29, 0.717) is 41.7 Å². The Morgan fingerprint density at radius 3 is 2.81 bits per heavy atom. The average Bonchev–Trinajstić information content (AvgIpc) is 3.26. The van der Waals surface area contributed by atoms with Crippen molar-refractivity contribution in [1.29, 1.82) is 0 Å². The number of nitrogens with one attached hydrogen (secondary N) is 1. The molecule has 1 amide bonds. The summed E-state index contributed by atoms with van der Waals surface area (Å²) in [6, 6.07) is 8.02. The molecule has 170 valence electrons. The fourth-order valence-corrected chi connectivity index (χ4v) is 4.87. The van der Waals surface area contributed by atoms with E-state index in [9.17, 15) is 14.0 Å². The smallest absolute Gasteiger partial charge is 0.273 e. The van der Waals surface area contributed by atoms with Gasteiger partial charge in [0.15, 0.2) is 0 Å². The minimum absolute atomic E-state index is 0.0689. The van der Waals surface area contributed by atoms with Gasteiger partial charge in [-0.05, 0) is 54.3 Å². The number of carbonyl (C=O) groups excluding carboxylic acids is 1. The number of fused-ring (bicyclic) bond motifs is 1. The average molecular weight is 457 g/mol. The van der Waals surface area contributed by atoms with E-state index in [-0.39, 0.29) is 23.2 Å². The first-order valence-corrected chi connectivity index (χ1v) is 12.1. The van der Waals surface area contributed by atoms with E-state index in [0.717, 1.165) is 31.4 Å². The molecule has 8 heteroatoms. The number of benzene rings is 1. The van der Waals surface area contributed by atoms with Crippen LogP contribution in [0.5, 0.6) is 0 Å². The van der Waals surface area contributed by atoms with Gasteiger partial charge >= 0.3 is 0 Å². The zero-order valence-corrected chi connectivity index (χ0v) is 19.3. The van der Waals surface area contributed by atoms with E-state index in [2.05, 4.69) is 24.1 Å². The summed E-state index contributed by atoms with van der Waals surface area (Å²) in [5.41, 5.74) is 1.40. The lowest BCUT2D eigenvalue weighted by atomic mass is 9.97. The Bertz CT molecular complexity index is 1140. The van der Waals surface area contributed by atoms with Gasteiger partial charge in [0.2, 0.25) is 11.9 Å². The summed E-state index contributed by atoms with van der Waals surface area (Å²) in [4.78, 5) is 32.9. The molecule has 1 aliphatic heterocycles. The second-order valence-corrected chi connectivity index (χ2v) is 9.74. The van der Waals surface area contributed by atoms with Crippen molar-refractivity contribution >= 4 is 33.4 Å². The second-order valence-electron chi connectivity index (χ2n) is 8.82. The number of amides is 1. The van der Waals surface area contributed by atoms with Crippen LogP contribution in [0.4, 0.5) is 10.3 Å². The quantitative estimate of drug-likeness (QED) is 0.583. The molecule has 1 aromatic carbocycles. The van der Waals surface area contributed by atoms with Crippen LogP contribution in [-0.2, 0) is 11.3 Å². The van der Waals surface area contributed by atoms with E-state index in [1.165, 1.54) is 23.5 Å². The molecule has 0 bridgehead atoms. The van der Waals surface area contributed by atoms with Crippen molar-refractivity contribution in [3.63, 3.8) is 0 Å². The minimum atomic E-state index is -0.310. The zero-order chi connectivity index (χ0) is 22.7. The molecule has 2 aromatic heterocycles. The highest BCUT2D eigenvalue weighted by molar-refractivity contribution is 7.17. The molecule has 1 atom stereocenters. The number of anilines is 1. The third-order valence-corrected chi connectivity index (χ3v) is 6.79. The lowest BCUT2D eigenvalue weighted by Gasteiger charge is -2.34. The number of hydrogen-bond acceptors (Lipinski definition) is 5. The van der Waals surface area contributed by atoms with Gasteiger partial charge in [0.05, 0.1) is 18.0 Å². The van der Waals surface area contributed by atoms with Crippen molar-refractivity contribution in [1.82, 2.24) is 14.9 Å². The number of rotatable bonds is 7. The molecule has 1 aliphatic rings. The molecular weight excluding hydrogens is 427 g/mol. The van der Waals surface area contributed by atoms with Crippen LogP contribution in [0.3, 0.4) is 0 Å². The Hall–Kier alpha value is -2.74. The fourth-order valence-electron chi connectivity index (χ4n) is 4.09. The van der Waals surface area contributed by atoms with Crippen LogP contribution in [-0.4, -0.2) is 35.1 Å². The second kappa shape index (κ2) is 9.81. The first-order chi connectivity index (χ1) is 15.4. The standard InChI is InChI=1S/C24H29FN4O2S/c1-16(2)9-11-26-22(30)18-4-3-12-28(15-18)24-27-20-10-13-32-21(20)23(31)29(24)14-17-5-7-19(25)8-6-17/h5-8,10,13,16,18H,3-4,9,11-12,14-15H2,1-2H3,(H,26,30). The third-order valence-electron chi connectivity index (χ3n) is 5.90. The molecular formula is C24H29FN4O2S. The molecule has 1 unspecified atom stereocenters. The van der Waals surface area contributed by atoms with E-state index in [1.807, 2.05) is 11.4 Å². The Kier molecular flexibility index (Phi) is 6.89. The van der Waals surface area contributed by atoms with Gasteiger partial charge in [-0.25, -0.2) is 9.37 Å². The van der Waals surface area contributed by atoms with Gasteiger partial charge in [-0.1, -0.05) is 26.0 Å². The number of halogens is 1. The predicted molar refractivity (Wildman–Crippen MR) is 127 cm³/mol. The molecule has 3 heterocycles. The van der Waals surface area contributed by atoms with Crippen LogP contribution < -0.4 is 15.8 Å². The summed E-state index contributed by atoms with van der Waals surface area (Å²) in [5, 5.41) is 4.93. The summed E-state index contributed by atoms with van der Waals surface area (Å²) < 4.78 is 15.6. The van der Waals surface area contributed by atoms with Crippen LogP contribution in [0.25, 0.3) is 10.2 Å². The summed E-state index contributed by atoms with van der Waals surface area (Å²) in [6.45, 7) is 6.53. The van der Waals surface area contributed by atoms with Gasteiger partial charge in [0.25, 0.3) is 5.56 Å². The lowest BCUT2D eigenvalue weighted by Crippen LogP contribution is -2.45. The van der Waals surface area contributed by atoms with Crippen molar-refractivity contribution in [3.8, 4) is 0 Å². The maximum Gasteiger partial charge on any atom is 0.273 e. The molecule has 4 rings (SSSR count). The van der Waals surface area contributed by atoms with Crippen LogP contribution in [0.15, 0.2) is 40.5 Å². The van der Waals surface area contributed by atoms with Crippen LogP contribution >= 0.6 is 11.3 Å². The molecule has 6 nitrogen and oxygen atoms in total. The van der Waals surface area contributed by atoms with Crippen LogP contribution in [0, 0.1) is 17.7 Å². The maximum atomic E-state index is 13.4. The molecule has 0 aliphatic carbocycles. The van der Waals surface area contributed by atoms with Gasteiger partial charge in [0, 0.05) is 19.6 Å². The van der Waals surface area contributed by atoms with Crippen molar-refractivity contribution in [2.75, 3.05) is 24.5 Å². The van der Waals surface area contributed by atoms with E-state index >= 15 is 0 Å². The zero-order valence-electron chi connectivity index (χ0n) is 18.5. The van der Waals surface area contributed by atoms with E-state index in [4.69, 9.17) is 4.98 Å². The topological polar surface area (TPSA) is 67.2 Å². The van der Waals surface area contributed by atoms with Gasteiger partial charge in [-0.15, -0.1) is 11.3 Å². The molecule has 1 N–H and O–H groups in total. The van der Waals surface area contributed by atoms with Gasteiger partial charge < -0.3 is 10.2 Å². The van der Waals surface area contributed by atoms with Crippen LogP contribution in [0.1, 0.15) is 38.7 Å². The normalized spacial score (nSPS) is 16.6. The molecule has 0 radical (unpaired) electrons. The minimum Gasteiger partial charge on any atom is -0.356 e. The molecule has 0 saturated carbocycles. The predicted octanol–water partition coefficient (Wildman–Crippen LogP) is 4.02. The number of aromatic nitrogens is 2. The summed E-state index contributed by atoms with van der Waals surface area (Å²) in [7, 11) is 0. The molecule has 0 spiro atoms. The van der Waals surface area contributed by atoms with Crippen molar-refractivity contribution < 1.29 is 9.18 Å². The highest BCUT2D eigenvalue weighted by atomic mass is 32.1. The first kappa shape index (κ1) is 22.5. The van der Waals surface area contributed by atoms with Crippen LogP contribution in [0.2, 0.25) is 0 Å². The summed E-state index contributed by atoms with van der Waals surface area (Å²) >= 11 is 1.37. The van der Waals surface area contributed by atoms with Crippen molar-refractivity contribution in [3.05, 3.63) is 57.4 Å². The molecule has 3 aromatic rings. The number of hydrogen-bond donors (Lipinski definition) is 1. The molecule has 1 fully saturated rings. The monoisotopic (exact) mass is 456 g/mol. The van der Waals surface area contributed by atoms with Crippen molar-refractivity contribution in [2.45, 2.75) is 39.7 Å². The van der Waals surface area contributed by atoms with Crippen molar-refractivity contribution in [2.24, 2.45) is 11.8 Å². The van der Waals surface area contributed by atoms with E-state index < -0.39 is 0 Å². The maximum absolute atomic E-state index is 13.4. The summed E-state index contributed by atoms with van der Waals surface area (Å²) in [5.74, 6) is 0.741. The SMILES string of the molecule is CC(C)CCNC(=O)C1CCCN(c2nc3ccsc3c(=O)n2Cc2ccc(F)cc2)C1. The highest BCUT2D eigenvalue weighted by Gasteiger charge is 2.28.